The number of unbranched alkanes of at least 4 members (excludes halogenated alkanes) is 2. The van der Waals surface area contributed by atoms with Gasteiger partial charge < -0.3 is 10.6 Å². The van der Waals surface area contributed by atoms with Gasteiger partial charge in [0.15, 0.2) is 5.78 Å². The maximum Gasteiger partial charge on any atom is 0.219 e. The number of ketones is 1. The Morgan fingerprint density at radius 2 is 1.57 bits per heavy atom. The van der Waals surface area contributed by atoms with Crippen LogP contribution >= 0.6 is 0 Å². The smallest absolute Gasteiger partial charge is 0.219 e. The van der Waals surface area contributed by atoms with Gasteiger partial charge in [0.05, 0.1) is 6.04 Å². The van der Waals surface area contributed by atoms with E-state index in [2.05, 4.69) is 24.5 Å². The van der Waals surface area contributed by atoms with E-state index in [1.54, 1.807) is 0 Å². The number of carbonyl (C=O) groups excluding carboxylic acids is 2. The van der Waals surface area contributed by atoms with Crippen molar-refractivity contribution in [2.75, 3.05) is 13.1 Å². The van der Waals surface area contributed by atoms with Crippen LogP contribution in [0, 0.1) is 11.8 Å². The van der Waals surface area contributed by atoms with E-state index in [9.17, 15) is 9.59 Å². The van der Waals surface area contributed by atoms with Crippen molar-refractivity contribution in [1.82, 2.24) is 10.6 Å². The number of likely N-dealkylation sites (N-methyl/N-ethyl adjacent to an activating group) is 1. The fourth-order valence-electron chi connectivity index (χ4n) is 2.62. The molecule has 136 valence electrons. The molecule has 0 saturated heterocycles. The molecule has 0 heterocycles. The van der Waals surface area contributed by atoms with Crippen LogP contribution in [0.25, 0.3) is 0 Å². The van der Waals surface area contributed by atoms with Crippen molar-refractivity contribution in [3.63, 3.8) is 0 Å². The lowest BCUT2D eigenvalue weighted by atomic mass is 9.97. The Labute approximate surface area is 143 Å². The SMILES string of the molecule is CCNC(CCCCNC(=O)CCCCC(C)C)C(=O)C(C)C. The summed E-state index contributed by atoms with van der Waals surface area (Å²) in [4.78, 5) is 23.8. The Morgan fingerprint density at radius 1 is 0.913 bits per heavy atom. The lowest BCUT2D eigenvalue weighted by Crippen LogP contribution is -2.39. The number of nitrogens with one attached hydrogen (secondary N) is 2. The van der Waals surface area contributed by atoms with Crippen molar-refractivity contribution in [3.05, 3.63) is 0 Å². The molecule has 0 aliphatic carbocycles. The molecule has 2 N–H and O–H groups in total. The third-order valence-corrected chi connectivity index (χ3v) is 4.04. The van der Waals surface area contributed by atoms with Crippen molar-refractivity contribution in [2.45, 2.75) is 85.6 Å². The van der Waals surface area contributed by atoms with Crippen LogP contribution in [0.5, 0.6) is 0 Å². The summed E-state index contributed by atoms with van der Waals surface area (Å²) in [6, 6.07) is -0.0354. The first-order valence-electron chi connectivity index (χ1n) is 9.42. The Bertz CT molecular complexity index is 327. The maximum atomic E-state index is 12.1. The van der Waals surface area contributed by atoms with Gasteiger partial charge in [0, 0.05) is 18.9 Å². The van der Waals surface area contributed by atoms with Crippen LogP contribution in [0.4, 0.5) is 0 Å². The highest BCUT2D eigenvalue weighted by molar-refractivity contribution is 5.85. The predicted octanol–water partition coefficient (Wildman–Crippen LogP) is 3.69. The van der Waals surface area contributed by atoms with E-state index < -0.39 is 0 Å². The zero-order chi connectivity index (χ0) is 17.7. The van der Waals surface area contributed by atoms with Crippen LogP contribution in [0.3, 0.4) is 0 Å². The molecule has 0 saturated carbocycles. The Morgan fingerprint density at radius 3 is 2.13 bits per heavy atom. The highest BCUT2D eigenvalue weighted by atomic mass is 16.1. The second-order valence-corrected chi connectivity index (χ2v) is 7.15. The predicted molar refractivity (Wildman–Crippen MR) is 97.5 cm³/mol. The molecule has 0 aromatic heterocycles. The van der Waals surface area contributed by atoms with Crippen LogP contribution in [0.2, 0.25) is 0 Å². The van der Waals surface area contributed by atoms with Gasteiger partial charge in [0.1, 0.15) is 0 Å². The van der Waals surface area contributed by atoms with Crippen molar-refractivity contribution < 1.29 is 9.59 Å². The molecule has 0 fully saturated rings. The fraction of sp³-hybridized carbons (Fsp3) is 0.895. The normalized spacial score (nSPS) is 12.7. The lowest BCUT2D eigenvalue weighted by molar-refractivity contribution is -0.124. The maximum absolute atomic E-state index is 12.1. The molecule has 23 heavy (non-hydrogen) atoms. The summed E-state index contributed by atoms with van der Waals surface area (Å²) in [5, 5.41) is 6.25. The summed E-state index contributed by atoms with van der Waals surface area (Å²) in [5.41, 5.74) is 0. The van der Waals surface area contributed by atoms with Gasteiger partial charge >= 0.3 is 0 Å². The van der Waals surface area contributed by atoms with Gasteiger partial charge in [-0.3, -0.25) is 9.59 Å². The summed E-state index contributed by atoms with van der Waals surface area (Å²) in [6.07, 6.45) is 6.70. The second kappa shape index (κ2) is 13.5. The van der Waals surface area contributed by atoms with Gasteiger partial charge in [-0.05, 0) is 38.1 Å². The number of hydrogen-bond acceptors (Lipinski definition) is 3. The largest absolute Gasteiger partial charge is 0.356 e. The van der Waals surface area contributed by atoms with E-state index in [0.717, 1.165) is 51.1 Å². The molecule has 0 aliphatic heterocycles. The summed E-state index contributed by atoms with van der Waals surface area (Å²) < 4.78 is 0. The van der Waals surface area contributed by atoms with Crippen molar-refractivity contribution in [2.24, 2.45) is 11.8 Å². The summed E-state index contributed by atoms with van der Waals surface area (Å²) >= 11 is 0. The van der Waals surface area contributed by atoms with E-state index in [0.29, 0.717) is 12.2 Å². The van der Waals surface area contributed by atoms with Crippen LogP contribution in [0.15, 0.2) is 0 Å². The molecule has 1 unspecified atom stereocenters. The minimum atomic E-state index is -0.0354. The van der Waals surface area contributed by atoms with Gasteiger partial charge in [-0.25, -0.2) is 0 Å². The van der Waals surface area contributed by atoms with E-state index in [4.69, 9.17) is 0 Å². The number of Topliss-reactive ketones (excluding diaryl/α,β-unsaturated/α-hetero) is 1. The molecular weight excluding hydrogens is 288 g/mol. The van der Waals surface area contributed by atoms with Gasteiger partial charge in [-0.2, -0.15) is 0 Å². The van der Waals surface area contributed by atoms with Gasteiger partial charge in [-0.15, -0.1) is 0 Å². The standard InChI is InChI=1S/C19H38N2O2/c1-6-20-17(19(23)16(4)5)12-9-10-14-21-18(22)13-8-7-11-15(2)3/h15-17,20H,6-14H2,1-5H3,(H,21,22). The Kier molecular flexibility index (Phi) is 13.0. The van der Waals surface area contributed by atoms with Gasteiger partial charge in [0.25, 0.3) is 0 Å². The summed E-state index contributed by atoms with van der Waals surface area (Å²) in [5.74, 6) is 1.25. The lowest BCUT2D eigenvalue weighted by Gasteiger charge is -2.18. The number of rotatable bonds is 14. The molecule has 4 heteroatoms. The zero-order valence-corrected chi connectivity index (χ0v) is 15.9. The first kappa shape index (κ1) is 22.1. The highest BCUT2D eigenvalue weighted by Crippen LogP contribution is 2.09. The van der Waals surface area contributed by atoms with Gasteiger partial charge in [0.2, 0.25) is 5.91 Å². The number of hydrogen-bond donors (Lipinski definition) is 2. The zero-order valence-electron chi connectivity index (χ0n) is 15.9. The Hall–Kier alpha value is -0.900. The van der Waals surface area contributed by atoms with Crippen LogP contribution in [-0.4, -0.2) is 30.8 Å². The minimum Gasteiger partial charge on any atom is -0.356 e. The third-order valence-electron chi connectivity index (χ3n) is 4.04. The quantitative estimate of drug-likeness (QED) is 0.479. The van der Waals surface area contributed by atoms with Gasteiger partial charge in [-0.1, -0.05) is 47.5 Å². The summed E-state index contributed by atoms with van der Waals surface area (Å²) in [7, 11) is 0. The average Bonchev–Trinajstić information content (AvgIpc) is 2.49. The van der Waals surface area contributed by atoms with E-state index in [-0.39, 0.29) is 17.9 Å². The Balaban J connectivity index is 3.73. The van der Waals surface area contributed by atoms with Crippen molar-refractivity contribution in [3.8, 4) is 0 Å². The molecule has 0 spiro atoms. The second-order valence-electron chi connectivity index (χ2n) is 7.15. The van der Waals surface area contributed by atoms with E-state index in [1.165, 1.54) is 6.42 Å². The van der Waals surface area contributed by atoms with E-state index in [1.807, 2.05) is 20.8 Å². The molecule has 1 atom stereocenters. The highest BCUT2D eigenvalue weighted by Gasteiger charge is 2.19. The third kappa shape index (κ3) is 12.2. The first-order chi connectivity index (χ1) is 10.9. The van der Waals surface area contributed by atoms with Crippen molar-refractivity contribution in [1.29, 1.82) is 0 Å². The first-order valence-corrected chi connectivity index (χ1v) is 9.42. The molecule has 0 bridgehead atoms. The average molecular weight is 327 g/mol. The molecule has 0 aromatic carbocycles. The number of amides is 1. The van der Waals surface area contributed by atoms with Crippen molar-refractivity contribution >= 4 is 11.7 Å². The fourth-order valence-corrected chi connectivity index (χ4v) is 2.62. The minimum absolute atomic E-state index is 0.0354. The summed E-state index contributed by atoms with van der Waals surface area (Å²) in [6.45, 7) is 11.9. The van der Waals surface area contributed by atoms with Crippen LogP contribution in [-0.2, 0) is 9.59 Å². The monoisotopic (exact) mass is 326 g/mol. The van der Waals surface area contributed by atoms with Crippen LogP contribution < -0.4 is 10.6 Å². The number of carbonyl (C=O) groups is 2. The molecule has 0 aliphatic rings. The molecule has 1 amide bonds. The van der Waals surface area contributed by atoms with Crippen LogP contribution in [0.1, 0.15) is 79.6 Å². The van der Waals surface area contributed by atoms with E-state index >= 15 is 0 Å². The topological polar surface area (TPSA) is 58.2 Å². The molecule has 4 nitrogen and oxygen atoms in total. The molecule has 0 radical (unpaired) electrons. The molecular formula is C19H38N2O2. The molecule has 0 aromatic rings. The molecule has 0 rings (SSSR count).